The fourth-order valence-corrected chi connectivity index (χ4v) is 3.56. The van der Waals surface area contributed by atoms with Crippen LogP contribution in [-0.2, 0) is 0 Å². The monoisotopic (exact) mass is 522 g/mol. The summed E-state index contributed by atoms with van der Waals surface area (Å²) in [4.78, 5) is 24.3. The minimum absolute atomic E-state index is 0.132. The van der Waals surface area contributed by atoms with Crippen molar-refractivity contribution in [3.05, 3.63) is 107 Å². The van der Waals surface area contributed by atoms with Crippen molar-refractivity contribution in [2.75, 3.05) is 23.2 Å². The molecule has 2 heterocycles. The topological polar surface area (TPSA) is 153 Å². The van der Waals surface area contributed by atoms with Gasteiger partial charge in [0, 0.05) is 11.4 Å². The van der Waals surface area contributed by atoms with Gasteiger partial charge in [-0.15, -0.1) is 0 Å². The van der Waals surface area contributed by atoms with Crippen molar-refractivity contribution in [3.8, 4) is 17.1 Å². The maximum Gasteiger partial charge on any atom is 0.284 e. The molecule has 5 aromatic rings. The van der Waals surface area contributed by atoms with Gasteiger partial charge in [0.15, 0.2) is 0 Å². The number of nitro groups is 1. The lowest BCUT2D eigenvalue weighted by atomic mass is 10.1. The quantitative estimate of drug-likeness (QED) is 0.113. The molecule has 0 atom stereocenters. The second-order valence-corrected chi connectivity index (χ2v) is 8.00. The summed E-state index contributed by atoms with van der Waals surface area (Å²) < 4.78 is 10.9. The smallest absolute Gasteiger partial charge is 0.284 e. The Hall–Kier alpha value is -5.78. The molecular weight excluding hydrogens is 500 g/mol. The van der Waals surface area contributed by atoms with Gasteiger partial charge in [0.05, 0.1) is 29.9 Å². The Morgan fingerprint density at radius 3 is 2.05 bits per heavy atom. The van der Waals surface area contributed by atoms with Gasteiger partial charge in [-0.1, -0.05) is 36.4 Å². The number of ether oxygens (including phenoxy) is 1. The van der Waals surface area contributed by atoms with Crippen molar-refractivity contribution >= 4 is 41.1 Å². The number of furan rings is 1. The summed E-state index contributed by atoms with van der Waals surface area (Å²) in [5.74, 6) is 1.84. The van der Waals surface area contributed by atoms with Crippen molar-refractivity contribution in [1.29, 1.82) is 0 Å². The number of benzene rings is 3. The van der Waals surface area contributed by atoms with Crippen molar-refractivity contribution in [1.82, 2.24) is 15.0 Å². The molecule has 2 aromatic heterocycles. The molecule has 0 fully saturated rings. The summed E-state index contributed by atoms with van der Waals surface area (Å²) in [6, 6.07) is 26.8. The number of hydrazone groups is 1. The molecule has 0 radical (unpaired) electrons. The highest BCUT2D eigenvalue weighted by molar-refractivity contribution is 5.79. The van der Waals surface area contributed by atoms with Crippen molar-refractivity contribution < 1.29 is 14.1 Å². The molecule has 0 saturated carbocycles. The Labute approximate surface area is 222 Å². The van der Waals surface area contributed by atoms with Crippen LogP contribution in [-0.4, -0.2) is 33.2 Å². The number of rotatable bonds is 10. The summed E-state index contributed by atoms with van der Waals surface area (Å²) in [6.45, 7) is 0. The van der Waals surface area contributed by atoms with Crippen LogP contribution < -0.4 is 20.8 Å². The molecular formula is C27H22N8O4. The predicted octanol–water partition coefficient (Wildman–Crippen LogP) is 5.98. The Kier molecular flexibility index (Phi) is 7.35. The number of anilines is 5. The lowest BCUT2D eigenvalue weighted by Crippen LogP contribution is -2.07. The van der Waals surface area contributed by atoms with Crippen LogP contribution in [0.3, 0.4) is 0 Å². The van der Waals surface area contributed by atoms with Crippen LogP contribution in [0, 0.1) is 10.1 Å². The summed E-state index contributed by atoms with van der Waals surface area (Å²) in [7, 11) is 1.45. The number of nitrogens with zero attached hydrogens (tertiary/aromatic N) is 5. The fourth-order valence-electron chi connectivity index (χ4n) is 3.56. The first-order valence-corrected chi connectivity index (χ1v) is 11.7. The first-order valence-electron chi connectivity index (χ1n) is 11.7. The minimum atomic E-state index is -0.488. The van der Waals surface area contributed by atoms with E-state index in [1.807, 2.05) is 60.7 Å². The molecule has 0 unspecified atom stereocenters. The maximum atomic E-state index is 11.5. The van der Waals surface area contributed by atoms with E-state index in [1.54, 1.807) is 24.3 Å². The summed E-state index contributed by atoms with van der Waals surface area (Å²) in [5.41, 5.74) is 4.58. The lowest BCUT2D eigenvalue weighted by Gasteiger charge is -2.10. The van der Waals surface area contributed by atoms with Gasteiger partial charge >= 0.3 is 0 Å². The Balaban J connectivity index is 1.35. The standard InChI is InChI=1S/C27H22N8O4/c1-38-20-12-14-22(23(16-20)35(36)37)24-15-13-21(39-24)17-28-34-27-32-25(29-18-8-4-2-5-9-18)31-26(33-27)30-19-10-6-3-7-11-19/h2-17H,1H3,(H3,29,30,31,32,33,34)/b28-17+. The van der Waals surface area contributed by atoms with Gasteiger partial charge in [0.2, 0.25) is 17.8 Å². The second-order valence-electron chi connectivity index (χ2n) is 8.00. The third-order valence-corrected chi connectivity index (χ3v) is 5.35. The van der Waals surface area contributed by atoms with Gasteiger partial charge in [-0.3, -0.25) is 10.1 Å². The van der Waals surface area contributed by atoms with Crippen LogP contribution in [0.5, 0.6) is 5.75 Å². The molecule has 5 rings (SSSR count). The largest absolute Gasteiger partial charge is 0.497 e. The zero-order valence-corrected chi connectivity index (χ0v) is 20.6. The normalized spacial score (nSPS) is 10.8. The van der Waals surface area contributed by atoms with E-state index in [-0.39, 0.29) is 11.6 Å². The fraction of sp³-hybridized carbons (Fsp3) is 0.0370. The molecule has 0 amide bonds. The Bertz CT molecular complexity index is 1550. The van der Waals surface area contributed by atoms with E-state index < -0.39 is 4.92 Å². The number of nitro benzene ring substituents is 1. The first kappa shape index (κ1) is 24.9. The number of aromatic nitrogens is 3. The molecule has 3 aromatic carbocycles. The molecule has 0 aliphatic carbocycles. The summed E-state index contributed by atoms with van der Waals surface area (Å²) in [6.07, 6.45) is 1.41. The van der Waals surface area contributed by atoms with E-state index in [2.05, 4.69) is 36.1 Å². The molecule has 39 heavy (non-hydrogen) atoms. The number of hydrogen-bond acceptors (Lipinski definition) is 11. The van der Waals surface area contributed by atoms with Crippen LogP contribution in [0.25, 0.3) is 11.3 Å². The van der Waals surface area contributed by atoms with Gasteiger partial charge < -0.3 is 19.8 Å². The SMILES string of the molecule is COc1ccc(-c2ccc(/C=N/Nc3nc(Nc4ccccc4)nc(Nc4ccccc4)n3)o2)c([N+](=O)[O-])c1. The molecule has 0 saturated heterocycles. The number of methoxy groups -OCH3 is 1. The third kappa shape index (κ3) is 6.32. The van der Waals surface area contributed by atoms with Gasteiger partial charge in [-0.05, 0) is 48.5 Å². The lowest BCUT2D eigenvalue weighted by molar-refractivity contribution is -0.384. The van der Waals surface area contributed by atoms with Crippen LogP contribution in [0.4, 0.5) is 34.9 Å². The highest BCUT2D eigenvalue weighted by atomic mass is 16.6. The number of para-hydroxylation sites is 2. The molecule has 3 N–H and O–H groups in total. The average molecular weight is 523 g/mol. The van der Waals surface area contributed by atoms with Gasteiger partial charge in [-0.25, -0.2) is 5.43 Å². The maximum absolute atomic E-state index is 11.5. The van der Waals surface area contributed by atoms with E-state index in [0.29, 0.717) is 34.7 Å². The van der Waals surface area contributed by atoms with Gasteiger partial charge in [0.1, 0.15) is 17.3 Å². The molecule has 0 spiro atoms. The summed E-state index contributed by atoms with van der Waals surface area (Å²) in [5, 5.41) is 22.0. The van der Waals surface area contributed by atoms with E-state index in [0.717, 1.165) is 11.4 Å². The first-order chi connectivity index (χ1) is 19.1. The van der Waals surface area contributed by atoms with E-state index in [9.17, 15) is 10.1 Å². The summed E-state index contributed by atoms with van der Waals surface area (Å²) >= 11 is 0. The predicted molar refractivity (Wildman–Crippen MR) is 148 cm³/mol. The van der Waals surface area contributed by atoms with Gasteiger partial charge in [0.25, 0.3) is 5.69 Å². The minimum Gasteiger partial charge on any atom is -0.497 e. The second kappa shape index (κ2) is 11.5. The molecule has 12 nitrogen and oxygen atoms in total. The number of hydrogen-bond donors (Lipinski definition) is 3. The third-order valence-electron chi connectivity index (χ3n) is 5.35. The van der Waals surface area contributed by atoms with E-state index in [1.165, 1.54) is 19.4 Å². The van der Waals surface area contributed by atoms with Crippen LogP contribution in [0.15, 0.2) is 101 Å². The molecule has 194 valence electrons. The Morgan fingerprint density at radius 2 is 1.46 bits per heavy atom. The van der Waals surface area contributed by atoms with Crippen molar-refractivity contribution in [2.45, 2.75) is 0 Å². The van der Waals surface area contributed by atoms with E-state index in [4.69, 9.17) is 9.15 Å². The molecule has 0 aliphatic heterocycles. The van der Waals surface area contributed by atoms with Crippen molar-refractivity contribution in [3.63, 3.8) is 0 Å². The highest BCUT2D eigenvalue weighted by Crippen LogP contribution is 2.34. The zero-order chi connectivity index (χ0) is 27.0. The highest BCUT2D eigenvalue weighted by Gasteiger charge is 2.19. The zero-order valence-electron chi connectivity index (χ0n) is 20.6. The van der Waals surface area contributed by atoms with Crippen LogP contribution in [0.2, 0.25) is 0 Å². The average Bonchev–Trinajstić information content (AvgIpc) is 3.42. The van der Waals surface area contributed by atoms with Crippen molar-refractivity contribution in [2.24, 2.45) is 5.10 Å². The molecule has 12 heteroatoms. The number of nitrogens with one attached hydrogen (secondary N) is 3. The van der Waals surface area contributed by atoms with E-state index >= 15 is 0 Å². The molecule has 0 bridgehead atoms. The molecule has 0 aliphatic rings. The van der Waals surface area contributed by atoms with Crippen LogP contribution >= 0.6 is 0 Å². The van der Waals surface area contributed by atoms with Gasteiger partial charge in [-0.2, -0.15) is 20.1 Å². The van der Waals surface area contributed by atoms with Crippen LogP contribution in [0.1, 0.15) is 5.76 Å². The Morgan fingerprint density at radius 1 is 0.846 bits per heavy atom.